The molecule has 0 radical (unpaired) electrons. The zero-order chi connectivity index (χ0) is 20.3. The number of nitrogens with one attached hydrogen (secondary N) is 2. The Morgan fingerprint density at radius 1 is 1.11 bits per heavy atom. The van der Waals surface area contributed by atoms with E-state index in [0.29, 0.717) is 11.3 Å². The summed E-state index contributed by atoms with van der Waals surface area (Å²) in [5.41, 5.74) is 5.02. The van der Waals surface area contributed by atoms with Crippen molar-refractivity contribution in [2.24, 2.45) is 0 Å². The zero-order valence-electron chi connectivity index (χ0n) is 14.6. The largest absolute Gasteiger partial charge is 0.504 e. The molecule has 10 heteroatoms. The van der Waals surface area contributed by atoms with Crippen molar-refractivity contribution in [1.82, 2.24) is 20.6 Å². The van der Waals surface area contributed by atoms with Crippen molar-refractivity contribution in [3.8, 4) is 11.4 Å². The smallest absolute Gasteiger partial charge is 0.294 e. The SMILES string of the molecule is Cc1cc(C(=O)NNC(=O)c2nn(-c3ccccc3)cc2O)ccc1[N+](=O)[O-]. The minimum atomic E-state index is -0.820. The molecule has 28 heavy (non-hydrogen) atoms. The lowest BCUT2D eigenvalue weighted by Gasteiger charge is -2.07. The van der Waals surface area contributed by atoms with Gasteiger partial charge in [-0.3, -0.25) is 30.6 Å². The molecule has 0 saturated heterocycles. The predicted molar refractivity (Wildman–Crippen MR) is 98.0 cm³/mol. The summed E-state index contributed by atoms with van der Waals surface area (Å²) in [4.78, 5) is 34.6. The third kappa shape index (κ3) is 3.80. The molecule has 0 atom stereocenters. The Kier molecular flexibility index (Phi) is 5.03. The number of hydrazine groups is 1. The van der Waals surface area contributed by atoms with Crippen LogP contribution in [0.1, 0.15) is 26.4 Å². The van der Waals surface area contributed by atoms with Crippen molar-refractivity contribution in [3.63, 3.8) is 0 Å². The summed E-state index contributed by atoms with van der Waals surface area (Å²) in [6.07, 6.45) is 1.27. The van der Waals surface area contributed by atoms with E-state index in [1.807, 2.05) is 6.07 Å². The first-order chi connectivity index (χ1) is 13.4. The first-order valence-corrected chi connectivity index (χ1v) is 8.06. The molecule has 0 aliphatic rings. The molecule has 0 fully saturated rings. The summed E-state index contributed by atoms with van der Waals surface area (Å²) in [5, 5.41) is 24.8. The first kappa shape index (κ1) is 18.6. The van der Waals surface area contributed by atoms with Gasteiger partial charge in [0, 0.05) is 17.2 Å². The van der Waals surface area contributed by atoms with Gasteiger partial charge in [0.25, 0.3) is 17.5 Å². The molecule has 2 aromatic carbocycles. The minimum absolute atomic E-state index is 0.114. The second kappa shape index (κ2) is 7.58. The lowest BCUT2D eigenvalue weighted by molar-refractivity contribution is -0.385. The molecule has 0 aliphatic carbocycles. The van der Waals surface area contributed by atoms with E-state index in [4.69, 9.17) is 0 Å². The highest BCUT2D eigenvalue weighted by Gasteiger charge is 2.19. The van der Waals surface area contributed by atoms with Crippen LogP contribution in [0.4, 0.5) is 5.69 Å². The Morgan fingerprint density at radius 3 is 2.43 bits per heavy atom. The molecule has 0 unspecified atom stereocenters. The number of rotatable bonds is 4. The van der Waals surface area contributed by atoms with E-state index >= 15 is 0 Å². The van der Waals surface area contributed by atoms with Gasteiger partial charge in [-0.15, -0.1) is 0 Å². The van der Waals surface area contributed by atoms with E-state index in [0.717, 1.165) is 0 Å². The summed E-state index contributed by atoms with van der Waals surface area (Å²) in [5.74, 6) is -1.85. The molecular weight excluding hydrogens is 366 g/mol. The van der Waals surface area contributed by atoms with Crippen LogP contribution < -0.4 is 10.9 Å². The number of para-hydroxylation sites is 1. The average Bonchev–Trinajstić information content (AvgIpc) is 3.08. The van der Waals surface area contributed by atoms with Crippen molar-refractivity contribution in [2.45, 2.75) is 6.92 Å². The van der Waals surface area contributed by atoms with Gasteiger partial charge in [0.05, 0.1) is 16.8 Å². The molecule has 0 saturated carbocycles. The number of nitro groups is 1. The maximum atomic E-state index is 12.2. The monoisotopic (exact) mass is 381 g/mol. The topological polar surface area (TPSA) is 139 Å². The van der Waals surface area contributed by atoms with E-state index in [-0.39, 0.29) is 22.7 Å². The molecule has 1 aromatic heterocycles. The van der Waals surface area contributed by atoms with Crippen LogP contribution in [-0.4, -0.2) is 31.6 Å². The van der Waals surface area contributed by atoms with Crippen LogP contribution >= 0.6 is 0 Å². The quantitative estimate of drug-likeness (QED) is 0.466. The number of amides is 2. The summed E-state index contributed by atoms with van der Waals surface area (Å²) in [6, 6.07) is 12.7. The molecule has 0 spiro atoms. The van der Waals surface area contributed by atoms with Gasteiger partial charge in [0.2, 0.25) is 0 Å². The van der Waals surface area contributed by atoms with Crippen LogP contribution in [0.5, 0.6) is 5.75 Å². The minimum Gasteiger partial charge on any atom is -0.504 e. The molecule has 1 heterocycles. The number of carbonyl (C=O) groups excluding carboxylic acids is 2. The zero-order valence-corrected chi connectivity index (χ0v) is 14.6. The predicted octanol–water partition coefficient (Wildman–Crippen LogP) is 1.87. The maximum Gasteiger partial charge on any atom is 0.294 e. The molecule has 0 aliphatic heterocycles. The summed E-state index contributed by atoms with van der Waals surface area (Å²) < 4.78 is 1.33. The summed E-state index contributed by atoms with van der Waals surface area (Å²) in [6.45, 7) is 1.50. The van der Waals surface area contributed by atoms with E-state index in [2.05, 4.69) is 16.0 Å². The summed E-state index contributed by atoms with van der Waals surface area (Å²) in [7, 11) is 0. The molecule has 0 bridgehead atoms. The van der Waals surface area contributed by atoms with E-state index in [1.165, 1.54) is 36.0 Å². The number of carbonyl (C=O) groups is 2. The van der Waals surface area contributed by atoms with Crippen LogP contribution in [0.25, 0.3) is 5.69 Å². The van der Waals surface area contributed by atoms with E-state index in [9.17, 15) is 24.8 Å². The van der Waals surface area contributed by atoms with Gasteiger partial charge in [-0.05, 0) is 31.2 Å². The number of aromatic nitrogens is 2. The third-order valence-electron chi connectivity index (χ3n) is 3.88. The Morgan fingerprint density at radius 2 is 1.79 bits per heavy atom. The van der Waals surface area contributed by atoms with Gasteiger partial charge in [0.15, 0.2) is 11.4 Å². The fourth-order valence-corrected chi connectivity index (χ4v) is 2.49. The highest BCUT2D eigenvalue weighted by atomic mass is 16.6. The van der Waals surface area contributed by atoms with Crippen LogP contribution in [-0.2, 0) is 0 Å². The number of hydrogen-bond acceptors (Lipinski definition) is 6. The molecule has 3 rings (SSSR count). The van der Waals surface area contributed by atoms with Crippen molar-refractivity contribution in [1.29, 1.82) is 0 Å². The van der Waals surface area contributed by atoms with Crippen molar-refractivity contribution in [3.05, 3.63) is 81.7 Å². The van der Waals surface area contributed by atoms with Gasteiger partial charge < -0.3 is 5.11 Å². The number of hydrogen-bond donors (Lipinski definition) is 3. The fourth-order valence-electron chi connectivity index (χ4n) is 2.49. The Hall–Kier alpha value is -4.21. The number of nitro benzene ring substituents is 1. The van der Waals surface area contributed by atoms with Crippen LogP contribution in [0.2, 0.25) is 0 Å². The Balaban J connectivity index is 1.69. The average molecular weight is 381 g/mol. The Bertz CT molecular complexity index is 1060. The molecular formula is C18H15N5O5. The maximum absolute atomic E-state index is 12.2. The van der Waals surface area contributed by atoms with Crippen molar-refractivity contribution >= 4 is 17.5 Å². The summed E-state index contributed by atoms with van der Waals surface area (Å²) >= 11 is 0. The number of benzene rings is 2. The van der Waals surface area contributed by atoms with Gasteiger partial charge in [-0.1, -0.05) is 18.2 Å². The number of aryl methyl sites for hydroxylation is 1. The first-order valence-electron chi connectivity index (χ1n) is 8.06. The number of aromatic hydroxyl groups is 1. The second-order valence-corrected chi connectivity index (χ2v) is 5.81. The highest BCUT2D eigenvalue weighted by Crippen LogP contribution is 2.19. The van der Waals surface area contributed by atoms with Crippen LogP contribution in [0.3, 0.4) is 0 Å². The van der Waals surface area contributed by atoms with Gasteiger partial charge in [-0.2, -0.15) is 5.10 Å². The molecule has 3 N–H and O–H groups in total. The third-order valence-corrected chi connectivity index (χ3v) is 3.88. The standard InChI is InChI=1S/C18H15N5O5/c1-11-9-12(7-8-14(11)23(27)28)17(25)19-20-18(26)16-15(24)10-22(21-16)13-5-3-2-4-6-13/h2-10,24H,1H3,(H,19,25)(H,20,26). The lowest BCUT2D eigenvalue weighted by atomic mass is 10.1. The highest BCUT2D eigenvalue weighted by molar-refractivity contribution is 5.99. The van der Waals surface area contributed by atoms with Crippen LogP contribution in [0, 0.1) is 17.0 Å². The molecule has 2 amide bonds. The van der Waals surface area contributed by atoms with E-state index < -0.39 is 16.7 Å². The fraction of sp³-hybridized carbons (Fsp3) is 0.0556. The molecule has 3 aromatic rings. The van der Waals surface area contributed by atoms with Crippen molar-refractivity contribution < 1.29 is 19.6 Å². The second-order valence-electron chi connectivity index (χ2n) is 5.81. The van der Waals surface area contributed by atoms with Gasteiger partial charge in [0.1, 0.15) is 0 Å². The number of nitrogens with zero attached hydrogens (tertiary/aromatic N) is 3. The van der Waals surface area contributed by atoms with Crippen molar-refractivity contribution in [2.75, 3.05) is 0 Å². The van der Waals surface area contributed by atoms with Gasteiger partial charge in [-0.25, -0.2) is 4.68 Å². The lowest BCUT2D eigenvalue weighted by Crippen LogP contribution is -2.41. The van der Waals surface area contributed by atoms with Gasteiger partial charge >= 0.3 is 0 Å². The van der Waals surface area contributed by atoms with E-state index in [1.54, 1.807) is 24.3 Å². The molecule has 10 nitrogen and oxygen atoms in total. The molecule has 142 valence electrons. The normalized spacial score (nSPS) is 10.3. The van der Waals surface area contributed by atoms with Crippen LogP contribution in [0.15, 0.2) is 54.7 Å². The Labute approximate surface area is 158 Å².